The van der Waals surface area contributed by atoms with E-state index in [1.165, 1.54) is 0 Å². The van der Waals surface area contributed by atoms with Crippen molar-refractivity contribution >= 4 is 5.84 Å². The van der Waals surface area contributed by atoms with Crippen molar-refractivity contribution in [2.24, 2.45) is 10.7 Å². The maximum atomic E-state index is 11.9. The minimum Gasteiger partial charge on any atom is -0.387 e. The molecule has 0 aromatic heterocycles. The van der Waals surface area contributed by atoms with Gasteiger partial charge in [0, 0.05) is 12.8 Å². The first-order valence-corrected chi connectivity index (χ1v) is 2.32. The second-order valence-corrected chi connectivity index (χ2v) is 1.77. The summed E-state index contributed by atoms with van der Waals surface area (Å²) in [6.07, 6.45) is 0.00579. The first-order valence-electron chi connectivity index (χ1n) is 2.32. The number of aliphatic imine (C=N–C) groups is 1. The molecular weight excluding hydrogens is 114 g/mol. The van der Waals surface area contributed by atoms with Gasteiger partial charge in [-0.2, -0.15) is 8.78 Å². The summed E-state index contributed by atoms with van der Waals surface area (Å²) in [6.45, 7) is 0. The van der Waals surface area contributed by atoms with E-state index in [-0.39, 0.29) is 18.7 Å². The van der Waals surface area contributed by atoms with Crippen molar-refractivity contribution in [3.63, 3.8) is 0 Å². The summed E-state index contributed by atoms with van der Waals surface area (Å²) in [5.74, 6) is 0.0648. The number of nitrogens with two attached hydrogens (primary N) is 1. The smallest absolute Gasteiger partial charge is 0.344 e. The third kappa shape index (κ3) is 0.936. The Bertz CT molecular complexity index is 130. The topological polar surface area (TPSA) is 38.4 Å². The molecule has 0 spiro atoms. The highest BCUT2D eigenvalue weighted by molar-refractivity contribution is 5.82. The number of hydrogen-bond donors (Lipinski definition) is 1. The number of rotatable bonds is 0. The van der Waals surface area contributed by atoms with Gasteiger partial charge in [0.2, 0.25) is 0 Å². The zero-order valence-electron chi connectivity index (χ0n) is 4.19. The lowest BCUT2D eigenvalue weighted by molar-refractivity contribution is 0.0133. The molecule has 1 heterocycles. The third-order valence-electron chi connectivity index (χ3n) is 0.989. The van der Waals surface area contributed by atoms with Crippen LogP contribution in [0.1, 0.15) is 12.8 Å². The Hall–Kier alpha value is -0.670. The third-order valence-corrected chi connectivity index (χ3v) is 0.989. The summed E-state index contributed by atoms with van der Waals surface area (Å²) in [4.78, 5) is 2.88. The highest BCUT2D eigenvalue weighted by Gasteiger charge is 2.32. The summed E-state index contributed by atoms with van der Waals surface area (Å²) < 4.78 is 23.9. The second-order valence-electron chi connectivity index (χ2n) is 1.77. The van der Waals surface area contributed by atoms with Gasteiger partial charge < -0.3 is 5.73 Å². The first-order chi connectivity index (χ1) is 3.60. The van der Waals surface area contributed by atoms with Crippen LogP contribution in [0.4, 0.5) is 8.78 Å². The molecule has 8 heavy (non-hydrogen) atoms. The van der Waals surface area contributed by atoms with E-state index in [1.54, 1.807) is 0 Å². The molecule has 0 amide bonds. The van der Waals surface area contributed by atoms with Gasteiger partial charge in [0.1, 0.15) is 5.84 Å². The van der Waals surface area contributed by atoms with E-state index in [0.717, 1.165) is 0 Å². The van der Waals surface area contributed by atoms with Crippen LogP contribution in [0, 0.1) is 0 Å². The highest BCUT2D eigenvalue weighted by atomic mass is 19.3. The first kappa shape index (κ1) is 5.47. The zero-order chi connectivity index (χ0) is 6.20. The molecule has 0 saturated carbocycles. The van der Waals surface area contributed by atoms with Crippen LogP contribution in [0.25, 0.3) is 0 Å². The van der Waals surface area contributed by atoms with Crippen molar-refractivity contribution < 1.29 is 8.78 Å². The quantitative estimate of drug-likeness (QED) is 0.470. The normalized spacial score (nSPS) is 25.5. The van der Waals surface area contributed by atoms with Gasteiger partial charge in [-0.3, -0.25) is 0 Å². The predicted octanol–water partition coefficient (Wildman–Crippen LogP) is 0.730. The van der Waals surface area contributed by atoms with E-state index in [4.69, 9.17) is 5.73 Å². The van der Waals surface area contributed by atoms with Gasteiger partial charge in [-0.05, 0) is 0 Å². The van der Waals surface area contributed by atoms with Crippen LogP contribution in [-0.2, 0) is 0 Å². The fraction of sp³-hybridized carbons (Fsp3) is 0.750. The number of nitrogens with zero attached hydrogens (tertiary/aromatic N) is 1. The zero-order valence-corrected chi connectivity index (χ0v) is 4.19. The fourth-order valence-electron chi connectivity index (χ4n) is 0.600. The van der Waals surface area contributed by atoms with Crippen LogP contribution in [0.2, 0.25) is 0 Å². The van der Waals surface area contributed by atoms with Gasteiger partial charge in [-0.25, -0.2) is 4.99 Å². The molecule has 0 fully saturated rings. The average molecular weight is 120 g/mol. The average Bonchev–Trinajstić information content (AvgIpc) is 1.82. The van der Waals surface area contributed by atoms with Crippen molar-refractivity contribution in [2.45, 2.75) is 18.9 Å². The van der Waals surface area contributed by atoms with Crippen LogP contribution >= 0.6 is 0 Å². The van der Waals surface area contributed by atoms with E-state index >= 15 is 0 Å². The maximum Gasteiger partial charge on any atom is 0.344 e. The number of hydrogen-bond acceptors (Lipinski definition) is 2. The number of alkyl halides is 2. The summed E-state index contributed by atoms with van der Waals surface area (Å²) in [5, 5.41) is 0. The van der Waals surface area contributed by atoms with Crippen LogP contribution in [-0.4, -0.2) is 11.9 Å². The van der Waals surface area contributed by atoms with Crippen molar-refractivity contribution in [3.05, 3.63) is 0 Å². The monoisotopic (exact) mass is 120 g/mol. The van der Waals surface area contributed by atoms with Gasteiger partial charge in [0.25, 0.3) is 0 Å². The Balaban J connectivity index is 2.67. The summed E-state index contributed by atoms with van der Waals surface area (Å²) in [5.41, 5.74) is 4.98. The maximum absolute atomic E-state index is 11.9. The van der Waals surface area contributed by atoms with Crippen LogP contribution in [0.15, 0.2) is 4.99 Å². The van der Waals surface area contributed by atoms with E-state index in [2.05, 4.69) is 4.99 Å². The Kier molecular flexibility index (Phi) is 0.957. The molecule has 2 nitrogen and oxygen atoms in total. The molecular formula is C4H6F2N2. The van der Waals surface area contributed by atoms with Crippen LogP contribution < -0.4 is 5.73 Å². The van der Waals surface area contributed by atoms with Crippen molar-refractivity contribution in [1.82, 2.24) is 0 Å². The summed E-state index contributed by atoms with van der Waals surface area (Å²) in [7, 11) is 0. The Labute approximate surface area is 45.4 Å². The van der Waals surface area contributed by atoms with Gasteiger partial charge in [-0.15, -0.1) is 0 Å². The molecule has 1 aliphatic rings. The second kappa shape index (κ2) is 1.40. The molecule has 2 N–H and O–H groups in total. The van der Waals surface area contributed by atoms with Gasteiger partial charge in [0.05, 0.1) is 0 Å². The van der Waals surface area contributed by atoms with Gasteiger partial charge in [0.15, 0.2) is 0 Å². The molecule has 46 valence electrons. The summed E-state index contributed by atoms with van der Waals surface area (Å²) in [6, 6.07) is -2.87. The van der Waals surface area contributed by atoms with Crippen molar-refractivity contribution in [1.29, 1.82) is 0 Å². The lowest BCUT2D eigenvalue weighted by Gasteiger charge is -1.99. The van der Waals surface area contributed by atoms with Crippen molar-refractivity contribution in [3.8, 4) is 0 Å². The minimum absolute atomic E-state index is 0.0648. The minimum atomic E-state index is -2.87. The predicted molar refractivity (Wildman–Crippen MR) is 25.8 cm³/mol. The molecule has 0 aliphatic carbocycles. The molecule has 4 heteroatoms. The molecule has 0 aromatic carbocycles. The fourth-order valence-corrected chi connectivity index (χ4v) is 0.600. The van der Waals surface area contributed by atoms with Gasteiger partial charge in [-0.1, -0.05) is 0 Å². The molecule has 0 atom stereocenters. The molecule has 0 aromatic rings. The molecule has 1 aliphatic heterocycles. The van der Waals surface area contributed by atoms with Crippen molar-refractivity contribution in [2.75, 3.05) is 0 Å². The van der Waals surface area contributed by atoms with E-state index < -0.39 is 6.05 Å². The summed E-state index contributed by atoms with van der Waals surface area (Å²) >= 11 is 0. The molecule has 1 rings (SSSR count). The van der Waals surface area contributed by atoms with E-state index in [0.29, 0.717) is 0 Å². The van der Waals surface area contributed by atoms with E-state index in [1.807, 2.05) is 0 Å². The Morgan fingerprint density at radius 2 is 2.25 bits per heavy atom. The largest absolute Gasteiger partial charge is 0.387 e. The molecule has 0 radical (unpaired) electrons. The number of halogens is 2. The molecule has 0 unspecified atom stereocenters. The lowest BCUT2D eigenvalue weighted by Crippen LogP contribution is -2.07. The molecule has 0 saturated heterocycles. The lowest BCUT2D eigenvalue weighted by atomic mass is 10.3. The van der Waals surface area contributed by atoms with Gasteiger partial charge >= 0.3 is 6.05 Å². The molecule has 0 bridgehead atoms. The SMILES string of the molecule is NC1=NC(F)(F)CC1. The van der Waals surface area contributed by atoms with E-state index in [9.17, 15) is 8.78 Å². The van der Waals surface area contributed by atoms with Crippen LogP contribution in [0.3, 0.4) is 0 Å². The number of amidine groups is 1. The Morgan fingerprint density at radius 1 is 1.62 bits per heavy atom. The highest BCUT2D eigenvalue weighted by Crippen LogP contribution is 2.26. The standard InChI is InChI=1S/C4H6F2N2/c5-4(6)2-1-3(7)8-4/h1-2H2,(H2,7,8). The Morgan fingerprint density at radius 3 is 2.38 bits per heavy atom. The van der Waals surface area contributed by atoms with Crippen LogP contribution in [0.5, 0.6) is 0 Å².